The zero-order valence-electron chi connectivity index (χ0n) is 16.9. The van der Waals surface area contributed by atoms with Crippen LogP contribution in [-0.4, -0.2) is 67.6 Å². The molecule has 1 aliphatic heterocycles. The van der Waals surface area contributed by atoms with Gasteiger partial charge in [0.25, 0.3) is 5.91 Å². The molecule has 0 saturated carbocycles. The summed E-state index contributed by atoms with van der Waals surface area (Å²) < 4.78 is 10.7. The van der Waals surface area contributed by atoms with Gasteiger partial charge in [0.15, 0.2) is 11.5 Å². The second kappa shape index (κ2) is 9.55. The van der Waals surface area contributed by atoms with E-state index in [1.807, 2.05) is 17.0 Å². The van der Waals surface area contributed by atoms with E-state index in [1.165, 1.54) is 5.56 Å². The Morgan fingerprint density at radius 2 is 1.93 bits per heavy atom. The average Bonchev–Trinajstić information content (AvgIpc) is 2.77. The highest BCUT2D eigenvalue weighted by Gasteiger charge is 2.26. The van der Waals surface area contributed by atoms with Crippen LogP contribution >= 0.6 is 0 Å². The fourth-order valence-corrected chi connectivity index (χ4v) is 3.70. The number of benzene rings is 1. The maximum absolute atomic E-state index is 12.7. The van der Waals surface area contributed by atoms with E-state index in [-0.39, 0.29) is 5.91 Å². The van der Waals surface area contributed by atoms with Crippen molar-refractivity contribution in [2.45, 2.75) is 25.3 Å². The minimum atomic E-state index is 0.0976. The summed E-state index contributed by atoms with van der Waals surface area (Å²) in [6.45, 7) is 2.52. The highest BCUT2D eigenvalue weighted by atomic mass is 16.5. The lowest BCUT2D eigenvalue weighted by Gasteiger charge is -2.37. The van der Waals surface area contributed by atoms with Crippen molar-refractivity contribution in [3.8, 4) is 11.5 Å². The van der Waals surface area contributed by atoms with Gasteiger partial charge in [0.2, 0.25) is 0 Å². The van der Waals surface area contributed by atoms with E-state index in [0.29, 0.717) is 11.6 Å². The Bertz CT molecular complexity index is 782. The first kappa shape index (κ1) is 20.1. The van der Waals surface area contributed by atoms with Gasteiger partial charge in [0, 0.05) is 43.6 Å². The zero-order valence-corrected chi connectivity index (χ0v) is 16.9. The minimum absolute atomic E-state index is 0.0976. The van der Waals surface area contributed by atoms with Crippen molar-refractivity contribution in [3.05, 3.63) is 53.9 Å². The normalized spacial score (nSPS) is 16.9. The van der Waals surface area contributed by atoms with Crippen LogP contribution in [0.1, 0.15) is 28.8 Å². The Morgan fingerprint density at radius 3 is 2.64 bits per heavy atom. The number of carbonyl (C=O) groups excluding carboxylic acids is 1. The standard InChI is InChI=1S/C22H29N3O3/c1-24(14-10-17-6-7-20(27-2)21(15-17)28-3)19-5-4-13-25(16-19)22(26)18-8-11-23-12-9-18/h6-9,11-12,15,19H,4-5,10,13-14,16H2,1-3H3/t19-/m1/s1. The third kappa shape index (κ3) is 4.81. The van der Waals surface area contributed by atoms with Crippen molar-refractivity contribution in [3.63, 3.8) is 0 Å². The van der Waals surface area contributed by atoms with Crippen LogP contribution in [0.2, 0.25) is 0 Å². The summed E-state index contributed by atoms with van der Waals surface area (Å²) in [4.78, 5) is 21.1. The van der Waals surface area contributed by atoms with Gasteiger partial charge in [-0.1, -0.05) is 6.07 Å². The molecule has 0 N–H and O–H groups in total. The van der Waals surface area contributed by atoms with Gasteiger partial charge in [-0.2, -0.15) is 0 Å². The van der Waals surface area contributed by atoms with Crippen molar-refractivity contribution in [2.24, 2.45) is 0 Å². The summed E-state index contributed by atoms with van der Waals surface area (Å²) >= 11 is 0. The molecule has 0 unspecified atom stereocenters. The first-order valence-corrected chi connectivity index (χ1v) is 9.73. The molecule has 0 bridgehead atoms. The van der Waals surface area contributed by atoms with Crippen LogP contribution in [0.4, 0.5) is 0 Å². The summed E-state index contributed by atoms with van der Waals surface area (Å²) in [7, 11) is 5.45. The molecule has 1 aliphatic rings. The molecule has 0 spiro atoms. The number of amides is 1. The summed E-state index contributed by atoms with van der Waals surface area (Å²) in [5.74, 6) is 1.60. The van der Waals surface area contributed by atoms with Crippen molar-refractivity contribution in [1.82, 2.24) is 14.8 Å². The lowest BCUT2D eigenvalue weighted by atomic mass is 10.0. The molecule has 28 heavy (non-hydrogen) atoms. The molecule has 3 rings (SSSR count). The number of rotatable bonds is 7. The second-order valence-electron chi connectivity index (χ2n) is 7.20. The molecule has 2 heterocycles. The van der Waals surface area contributed by atoms with E-state index in [2.05, 4.69) is 23.0 Å². The van der Waals surface area contributed by atoms with Gasteiger partial charge in [0.05, 0.1) is 14.2 Å². The highest BCUT2D eigenvalue weighted by Crippen LogP contribution is 2.28. The number of likely N-dealkylation sites (N-methyl/N-ethyl adjacent to an activating group) is 1. The lowest BCUT2D eigenvalue weighted by molar-refractivity contribution is 0.0611. The van der Waals surface area contributed by atoms with Crippen LogP contribution in [0.3, 0.4) is 0 Å². The van der Waals surface area contributed by atoms with Crippen LogP contribution in [0.15, 0.2) is 42.7 Å². The number of hydrogen-bond donors (Lipinski definition) is 0. The fourth-order valence-electron chi connectivity index (χ4n) is 3.70. The number of carbonyl (C=O) groups is 1. The summed E-state index contributed by atoms with van der Waals surface area (Å²) in [6, 6.07) is 10.0. The van der Waals surface area contributed by atoms with Crippen molar-refractivity contribution >= 4 is 5.91 Å². The number of nitrogens with zero attached hydrogens (tertiary/aromatic N) is 3. The van der Waals surface area contributed by atoms with Crippen molar-refractivity contribution in [2.75, 3.05) is 40.9 Å². The number of piperidine rings is 1. The third-order valence-corrected chi connectivity index (χ3v) is 5.44. The summed E-state index contributed by atoms with van der Waals surface area (Å²) in [5.41, 5.74) is 1.92. The van der Waals surface area contributed by atoms with Gasteiger partial charge < -0.3 is 19.3 Å². The quantitative estimate of drug-likeness (QED) is 0.736. The van der Waals surface area contributed by atoms with E-state index in [1.54, 1.807) is 38.7 Å². The fraction of sp³-hybridized carbons (Fsp3) is 0.455. The van der Waals surface area contributed by atoms with E-state index < -0.39 is 0 Å². The molecule has 1 aromatic carbocycles. The number of likely N-dealkylation sites (tertiary alicyclic amines) is 1. The molecule has 150 valence electrons. The Balaban J connectivity index is 1.57. The zero-order chi connectivity index (χ0) is 19.9. The van der Waals surface area contributed by atoms with E-state index in [4.69, 9.17) is 9.47 Å². The molecule has 1 fully saturated rings. The number of pyridine rings is 1. The molecule has 1 amide bonds. The van der Waals surface area contributed by atoms with Crippen LogP contribution in [-0.2, 0) is 6.42 Å². The van der Waals surface area contributed by atoms with Crippen molar-refractivity contribution in [1.29, 1.82) is 0 Å². The molecule has 1 saturated heterocycles. The second-order valence-corrected chi connectivity index (χ2v) is 7.20. The smallest absolute Gasteiger partial charge is 0.254 e. The minimum Gasteiger partial charge on any atom is -0.493 e. The van der Waals surface area contributed by atoms with E-state index in [9.17, 15) is 4.79 Å². The van der Waals surface area contributed by atoms with Crippen LogP contribution in [0.25, 0.3) is 0 Å². The Labute approximate surface area is 167 Å². The maximum atomic E-state index is 12.7. The molecule has 1 aromatic heterocycles. The molecule has 0 radical (unpaired) electrons. The summed E-state index contributed by atoms with van der Waals surface area (Å²) in [5, 5.41) is 0. The Hall–Kier alpha value is -2.60. The predicted molar refractivity (Wildman–Crippen MR) is 109 cm³/mol. The molecule has 1 atom stereocenters. The molecular weight excluding hydrogens is 354 g/mol. The highest BCUT2D eigenvalue weighted by molar-refractivity contribution is 5.94. The number of aromatic nitrogens is 1. The first-order chi connectivity index (χ1) is 13.6. The molecule has 0 aliphatic carbocycles. The Morgan fingerprint density at radius 1 is 1.18 bits per heavy atom. The monoisotopic (exact) mass is 383 g/mol. The molecular formula is C22H29N3O3. The topological polar surface area (TPSA) is 54.9 Å². The maximum Gasteiger partial charge on any atom is 0.254 e. The molecule has 6 heteroatoms. The van der Waals surface area contributed by atoms with E-state index in [0.717, 1.165) is 50.4 Å². The average molecular weight is 383 g/mol. The first-order valence-electron chi connectivity index (χ1n) is 9.73. The number of ether oxygens (including phenoxy) is 2. The van der Waals surface area contributed by atoms with Crippen LogP contribution < -0.4 is 9.47 Å². The molecule has 2 aromatic rings. The van der Waals surface area contributed by atoms with Gasteiger partial charge >= 0.3 is 0 Å². The SMILES string of the molecule is COc1ccc(CCN(C)[C@@H]2CCCN(C(=O)c3ccncc3)C2)cc1OC. The van der Waals surface area contributed by atoms with Crippen molar-refractivity contribution < 1.29 is 14.3 Å². The predicted octanol–water partition coefficient (Wildman–Crippen LogP) is 2.88. The van der Waals surface area contributed by atoms with Gasteiger partial charge in [-0.25, -0.2) is 0 Å². The van der Waals surface area contributed by atoms with Crippen LogP contribution in [0, 0.1) is 0 Å². The van der Waals surface area contributed by atoms with Gasteiger partial charge in [0.1, 0.15) is 0 Å². The Kier molecular flexibility index (Phi) is 6.87. The number of methoxy groups -OCH3 is 2. The lowest BCUT2D eigenvalue weighted by Crippen LogP contribution is -2.49. The number of hydrogen-bond acceptors (Lipinski definition) is 5. The molecule has 6 nitrogen and oxygen atoms in total. The van der Waals surface area contributed by atoms with Gasteiger partial charge in [-0.05, 0) is 56.1 Å². The van der Waals surface area contributed by atoms with Gasteiger partial charge in [-0.3, -0.25) is 9.78 Å². The third-order valence-electron chi connectivity index (χ3n) is 5.44. The van der Waals surface area contributed by atoms with Gasteiger partial charge in [-0.15, -0.1) is 0 Å². The largest absolute Gasteiger partial charge is 0.493 e. The van der Waals surface area contributed by atoms with E-state index >= 15 is 0 Å². The van der Waals surface area contributed by atoms with Crippen LogP contribution in [0.5, 0.6) is 11.5 Å². The summed E-state index contributed by atoms with van der Waals surface area (Å²) in [6.07, 6.45) is 6.41.